The normalized spacial score (nSPS) is 12.7. The SMILES string of the molecule is COc1ccc2c(c1)c(CCN(C)C)cn2COP(=O)(OCOC(=O)C(C)(C)C)OCOC(=O)C(C)(C)C. The van der Waals surface area contributed by atoms with Crippen LogP contribution in [-0.2, 0) is 50.4 Å². The van der Waals surface area contributed by atoms with Gasteiger partial charge in [0.05, 0.1) is 23.5 Å². The monoisotopic (exact) mass is 556 g/mol. The summed E-state index contributed by atoms with van der Waals surface area (Å²) >= 11 is 0. The van der Waals surface area contributed by atoms with Gasteiger partial charge in [0.25, 0.3) is 0 Å². The first-order valence-electron chi connectivity index (χ1n) is 12.2. The van der Waals surface area contributed by atoms with Crippen molar-refractivity contribution in [3.05, 3.63) is 30.0 Å². The molecule has 0 unspecified atom stereocenters. The number of likely N-dealkylation sites (N-methyl/N-ethyl adjacent to an activating group) is 1. The van der Waals surface area contributed by atoms with Crippen molar-refractivity contribution in [2.75, 3.05) is 41.3 Å². The summed E-state index contributed by atoms with van der Waals surface area (Å²) < 4.78 is 46.8. The van der Waals surface area contributed by atoms with E-state index in [1.54, 1.807) is 53.2 Å². The summed E-state index contributed by atoms with van der Waals surface area (Å²) in [5.74, 6) is -0.404. The Balaban J connectivity index is 2.23. The second-order valence-electron chi connectivity index (χ2n) is 11.1. The van der Waals surface area contributed by atoms with Crippen molar-refractivity contribution in [1.82, 2.24) is 9.47 Å². The Morgan fingerprint density at radius 3 is 1.95 bits per heavy atom. The first-order chi connectivity index (χ1) is 17.6. The van der Waals surface area contributed by atoms with Crippen LogP contribution in [-0.4, -0.2) is 62.7 Å². The van der Waals surface area contributed by atoms with Crippen molar-refractivity contribution < 1.29 is 41.9 Å². The number of hydrogen-bond donors (Lipinski definition) is 0. The molecular formula is C26H41N2O9P. The fourth-order valence-corrected chi connectivity index (χ4v) is 3.95. The smallest absolute Gasteiger partial charge is 0.482 e. The summed E-state index contributed by atoms with van der Waals surface area (Å²) in [5.41, 5.74) is 0.298. The highest BCUT2D eigenvalue weighted by Crippen LogP contribution is 2.50. The number of carbonyl (C=O) groups is 2. The number of nitrogens with zero attached hydrogens (tertiary/aromatic N) is 2. The summed E-state index contributed by atoms with van der Waals surface area (Å²) in [6.45, 7) is 9.32. The second-order valence-corrected chi connectivity index (χ2v) is 12.8. The van der Waals surface area contributed by atoms with Gasteiger partial charge >= 0.3 is 19.8 Å². The zero-order valence-corrected chi connectivity index (χ0v) is 24.8. The number of phosphoric acid groups is 1. The maximum absolute atomic E-state index is 13.4. The Morgan fingerprint density at radius 2 is 1.47 bits per heavy atom. The number of aromatic nitrogens is 1. The highest BCUT2D eigenvalue weighted by molar-refractivity contribution is 7.48. The predicted octanol–water partition coefficient (Wildman–Crippen LogP) is 4.96. The molecule has 0 fully saturated rings. The van der Waals surface area contributed by atoms with Gasteiger partial charge in [0.2, 0.25) is 13.6 Å². The van der Waals surface area contributed by atoms with E-state index in [0.717, 1.165) is 29.4 Å². The number of rotatable bonds is 13. The Kier molecular flexibility index (Phi) is 10.9. The van der Waals surface area contributed by atoms with Crippen LogP contribution in [0.5, 0.6) is 5.75 Å². The van der Waals surface area contributed by atoms with Gasteiger partial charge in [0.1, 0.15) is 12.5 Å². The molecule has 214 valence electrons. The van der Waals surface area contributed by atoms with Gasteiger partial charge < -0.3 is 23.7 Å². The van der Waals surface area contributed by atoms with E-state index in [9.17, 15) is 14.2 Å². The van der Waals surface area contributed by atoms with E-state index in [-0.39, 0.29) is 6.73 Å². The molecular weight excluding hydrogens is 515 g/mol. The number of phosphoric ester groups is 1. The average molecular weight is 557 g/mol. The number of fused-ring (bicyclic) bond motifs is 1. The summed E-state index contributed by atoms with van der Waals surface area (Å²) in [7, 11) is 1.26. The number of hydrogen-bond acceptors (Lipinski definition) is 10. The van der Waals surface area contributed by atoms with Crippen molar-refractivity contribution in [2.24, 2.45) is 10.8 Å². The van der Waals surface area contributed by atoms with Crippen LogP contribution >= 0.6 is 7.82 Å². The quantitative estimate of drug-likeness (QED) is 0.190. The van der Waals surface area contributed by atoms with E-state index in [2.05, 4.69) is 4.90 Å². The topological polar surface area (TPSA) is 115 Å². The van der Waals surface area contributed by atoms with Crippen molar-refractivity contribution in [3.8, 4) is 5.75 Å². The molecule has 11 nitrogen and oxygen atoms in total. The minimum atomic E-state index is -4.33. The molecule has 0 spiro atoms. The molecule has 0 amide bonds. The summed E-state index contributed by atoms with van der Waals surface area (Å²) in [4.78, 5) is 26.3. The molecule has 0 atom stereocenters. The third kappa shape index (κ3) is 9.39. The van der Waals surface area contributed by atoms with Gasteiger partial charge in [-0.1, -0.05) is 0 Å². The zero-order chi connectivity index (χ0) is 28.7. The standard InChI is InChI=1S/C26H41N2O9P/c1-25(2,3)23(29)33-17-36-38(31,37-18-34-24(30)26(4,5)6)35-16-28-15-19(12-13-27(7)8)21-14-20(32-9)10-11-22(21)28/h10-11,14-15H,12-13,16-18H2,1-9H3. The van der Waals surface area contributed by atoms with Crippen LogP contribution in [0.4, 0.5) is 0 Å². The Hall–Kier alpha value is -2.43. The molecule has 38 heavy (non-hydrogen) atoms. The van der Waals surface area contributed by atoms with Gasteiger partial charge in [0, 0.05) is 18.1 Å². The lowest BCUT2D eigenvalue weighted by Gasteiger charge is -2.21. The number of ether oxygens (including phenoxy) is 3. The van der Waals surface area contributed by atoms with Crippen LogP contribution in [0.25, 0.3) is 10.9 Å². The van der Waals surface area contributed by atoms with E-state index in [1.807, 2.05) is 38.5 Å². The summed E-state index contributed by atoms with van der Waals surface area (Å²) in [6, 6.07) is 5.62. The molecule has 0 aliphatic heterocycles. The number of carbonyl (C=O) groups excluding carboxylic acids is 2. The highest BCUT2D eigenvalue weighted by atomic mass is 31.2. The van der Waals surface area contributed by atoms with Crippen molar-refractivity contribution in [3.63, 3.8) is 0 Å². The Morgan fingerprint density at radius 1 is 0.921 bits per heavy atom. The first kappa shape index (κ1) is 31.8. The molecule has 0 aliphatic rings. The number of benzene rings is 1. The molecule has 0 bridgehead atoms. The highest BCUT2D eigenvalue weighted by Gasteiger charge is 2.32. The first-order valence-corrected chi connectivity index (χ1v) is 13.7. The third-order valence-corrected chi connectivity index (χ3v) is 6.66. The van der Waals surface area contributed by atoms with E-state index >= 15 is 0 Å². The van der Waals surface area contributed by atoms with Gasteiger partial charge in [-0.3, -0.25) is 14.1 Å². The van der Waals surface area contributed by atoms with Crippen molar-refractivity contribution in [2.45, 2.75) is 54.7 Å². The van der Waals surface area contributed by atoms with Crippen LogP contribution in [0, 0.1) is 10.8 Å². The minimum Gasteiger partial charge on any atom is -0.497 e. The van der Waals surface area contributed by atoms with Gasteiger partial charge in [-0.05, 0) is 85.8 Å². The van der Waals surface area contributed by atoms with Gasteiger partial charge in [-0.2, -0.15) is 0 Å². The molecule has 1 heterocycles. The number of esters is 2. The zero-order valence-electron chi connectivity index (χ0n) is 23.9. The molecule has 0 saturated carbocycles. The molecule has 12 heteroatoms. The van der Waals surface area contributed by atoms with Gasteiger partial charge in [-0.15, -0.1) is 0 Å². The Bertz CT molecular complexity index is 1110. The molecule has 0 aliphatic carbocycles. The van der Waals surface area contributed by atoms with Gasteiger partial charge in [0.15, 0.2) is 0 Å². The van der Waals surface area contributed by atoms with E-state index in [4.69, 9.17) is 27.8 Å². The minimum absolute atomic E-state index is 0.206. The molecule has 1 aromatic carbocycles. The molecule has 0 saturated heterocycles. The number of methoxy groups -OCH3 is 1. The third-order valence-electron chi connectivity index (χ3n) is 5.38. The van der Waals surface area contributed by atoms with Crippen LogP contribution in [0.1, 0.15) is 47.1 Å². The largest absolute Gasteiger partial charge is 0.497 e. The summed E-state index contributed by atoms with van der Waals surface area (Å²) in [6.07, 6.45) is 2.66. The van der Waals surface area contributed by atoms with Gasteiger partial charge in [-0.25, -0.2) is 13.6 Å². The second kappa shape index (κ2) is 13.1. The maximum atomic E-state index is 13.4. The van der Waals surface area contributed by atoms with Crippen molar-refractivity contribution in [1.29, 1.82) is 0 Å². The summed E-state index contributed by atoms with van der Waals surface area (Å²) in [5, 5.41) is 0.963. The van der Waals surface area contributed by atoms with Crippen LogP contribution in [0.3, 0.4) is 0 Å². The van der Waals surface area contributed by atoms with Crippen molar-refractivity contribution >= 4 is 30.7 Å². The predicted molar refractivity (Wildman–Crippen MR) is 142 cm³/mol. The van der Waals surface area contributed by atoms with Crippen LogP contribution in [0.2, 0.25) is 0 Å². The molecule has 1 aromatic heterocycles. The van der Waals surface area contributed by atoms with E-state index in [0.29, 0.717) is 5.75 Å². The Labute approximate surface area is 224 Å². The average Bonchev–Trinajstić information content (AvgIpc) is 3.17. The fourth-order valence-electron chi connectivity index (χ4n) is 3.09. The van der Waals surface area contributed by atoms with E-state index in [1.165, 1.54) is 0 Å². The van der Waals surface area contributed by atoms with Crippen LogP contribution in [0.15, 0.2) is 24.4 Å². The lowest BCUT2D eigenvalue weighted by molar-refractivity contribution is -0.163. The maximum Gasteiger partial charge on any atom is 0.482 e. The molecule has 2 rings (SSSR count). The lowest BCUT2D eigenvalue weighted by Crippen LogP contribution is -2.25. The fraction of sp³-hybridized carbons (Fsp3) is 0.615. The van der Waals surface area contributed by atoms with Crippen LogP contribution < -0.4 is 4.74 Å². The lowest BCUT2D eigenvalue weighted by atomic mass is 9.98. The molecule has 0 radical (unpaired) electrons. The molecule has 2 aromatic rings. The van der Waals surface area contributed by atoms with E-state index < -0.39 is 44.2 Å². The molecule has 0 N–H and O–H groups in total.